The minimum absolute atomic E-state index is 0.0825. The van der Waals surface area contributed by atoms with Crippen molar-refractivity contribution < 1.29 is 9.15 Å². The molecule has 2 rings (SSSR count). The quantitative estimate of drug-likeness (QED) is 0.511. The third-order valence-electron chi connectivity index (χ3n) is 1.55. The van der Waals surface area contributed by atoms with E-state index in [2.05, 4.69) is 11.9 Å². The maximum absolute atomic E-state index is 5.20. The van der Waals surface area contributed by atoms with E-state index in [9.17, 15) is 0 Å². The van der Waals surface area contributed by atoms with Crippen molar-refractivity contribution in [3.05, 3.63) is 12.5 Å². The van der Waals surface area contributed by atoms with Crippen molar-refractivity contribution >= 4 is 11.8 Å². The van der Waals surface area contributed by atoms with Gasteiger partial charge in [0.15, 0.2) is 0 Å². The second-order valence-corrected chi connectivity index (χ2v) is 3.75. The predicted octanol–water partition coefficient (Wildman–Crippen LogP) is 1.56. The predicted molar refractivity (Wildman–Crippen MR) is 41.6 cm³/mol. The molecule has 1 fully saturated rings. The lowest BCUT2D eigenvalue weighted by atomic mass is 10.3. The van der Waals surface area contributed by atoms with E-state index in [1.54, 1.807) is 24.2 Å². The van der Waals surface area contributed by atoms with Crippen LogP contribution in [0.5, 0.6) is 0 Å². The third-order valence-corrected chi connectivity index (χ3v) is 2.75. The number of oxazole rings is 1. The molecule has 1 saturated heterocycles. The molecule has 0 N–H and O–H groups in total. The SMILES string of the molecule is CC1(CSc2ncco2)CO1. The lowest BCUT2D eigenvalue weighted by molar-refractivity contribution is 0.347. The molecule has 1 aliphatic heterocycles. The average molecular weight is 171 g/mol. The number of thioether (sulfide) groups is 1. The monoisotopic (exact) mass is 171 g/mol. The van der Waals surface area contributed by atoms with Crippen LogP contribution in [0.25, 0.3) is 0 Å². The molecular weight excluding hydrogens is 162 g/mol. The van der Waals surface area contributed by atoms with Crippen LogP contribution in [0.1, 0.15) is 6.92 Å². The fourth-order valence-corrected chi connectivity index (χ4v) is 1.56. The fourth-order valence-electron chi connectivity index (χ4n) is 0.703. The fraction of sp³-hybridized carbons (Fsp3) is 0.571. The van der Waals surface area contributed by atoms with Crippen molar-refractivity contribution in [2.75, 3.05) is 12.4 Å². The molecule has 4 heteroatoms. The Labute approximate surface area is 69.1 Å². The molecule has 1 aliphatic rings. The number of hydrogen-bond donors (Lipinski definition) is 0. The normalized spacial score (nSPS) is 28.8. The first-order valence-corrected chi connectivity index (χ1v) is 4.43. The minimum atomic E-state index is 0.0825. The third kappa shape index (κ3) is 1.75. The Hall–Kier alpha value is -0.480. The zero-order valence-electron chi connectivity index (χ0n) is 6.24. The summed E-state index contributed by atoms with van der Waals surface area (Å²) in [5, 5.41) is 0.724. The van der Waals surface area contributed by atoms with Crippen LogP contribution < -0.4 is 0 Å². The molecule has 1 atom stereocenters. The lowest BCUT2D eigenvalue weighted by Gasteiger charge is -1.99. The second kappa shape index (κ2) is 2.53. The van der Waals surface area contributed by atoms with Crippen LogP contribution in [-0.2, 0) is 4.74 Å². The van der Waals surface area contributed by atoms with Gasteiger partial charge in [0.05, 0.1) is 18.4 Å². The molecule has 0 aliphatic carbocycles. The highest BCUT2D eigenvalue weighted by atomic mass is 32.2. The highest BCUT2D eigenvalue weighted by Crippen LogP contribution is 2.32. The summed E-state index contributed by atoms with van der Waals surface area (Å²) in [6, 6.07) is 0. The van der Waals surface area contributed by atoms with E-state index in [1.165, 1.54) is 0 Å². The van der Waals surface area contributed by atoms with E-state index in [-0.39, 0.29) is 5.60 Å². The Morgan fingerprint density at radius 2 is 2.64 bits per heavy atom. The van der Waals surface area contributed by atoms with Crippen LogP contribution in [0.3, 0.4) is 0 Å². The van der Waals surface area contributed by atoms with Crippen molar-refractivity contribution in [3.8, 4) is 0 Å². The van der Waals surface area contributed by atoms with Gasteiger partial charge in [-0.05, 0) is 6.92 Å². The molecule has 0 aromatic carbocycles. The Balaban J connectivity index is 1.83. The van der Waals surface area contributed by atoms with Crippen LogP contribution >= 0.6 is 11.8 Å². The van der Waals surface area contributed by atoms with Crippen LogP contribution in [0, 0.1) is 0 Å². The summed E-state index contributed by atoms with van der Waals surface area (Å²) in [6.07, 6.45) is 3.23. The average Bonchev–Trinajstić information content (AvgIpc) is 2.53. The summed E-state index contributed by atoms with van der Waals surface area (Å²) >= 11 is 1.59. The summed E-state index contributed by atoms with van der Waals surface area (Å²) in [6.45, 7) is 2.95. The Kier molecular flexibility index (Phi) is 1.65. The van der Waals surface area contributed by atoms with Gasteiger partial charge < -0.3 is 9.15 Å². The molecule has 0 saturated carbocycles. The molecule has 3 nitrogen and oxygen atoms in total. The summed E-state index contributed by atoms with van der Waals surface area (Å²) < 4.78 is 10.3. The van der Waals surface area contributed by atoms with Crippen LogP contribution in [0.15, 0.2) is 22.1 Å². The summed E-state index contributed by atoms with van der Waals surface area (Å²) in [5.74, 6) is 0.924. The van der Waals surface area contributed by atoms with E-state index in [1.807, 2.05) is 0 Å². The molecule has 0 radical (unpaired) electrons. The minimum Gasteiger partial charge on any atom is -0.440 e. The van der Waals surface area contributed by atoms with Crippen molar-refractivity contribution in [2.45, 2.75) is 17.7 Å². The number of rotatable bonds is 3. The van der Waals surface area contributed by atoms with Gasteiger partial charge in [-0.3, -0.25) is 0 Å². The Morgan fingerprint density at radius 1 is 1.82 bits per heavy atom. The first-order valence-electron chi connectivity index (χ1n) is 3.45. The van der Waals surface area contributed by atoms with E-state index in [4.69, 9.17) is 9.15 Å². The molecular formula is C7H9NO2S. The zero-order chi connectivity index (χ0) is 7.73. The molecule has 1 aromatic heterocycles. The number of nitrogens with zero attached hydrogens (tertiary/aromatic N) is 1. The topological polar surface area (TPSA) is 38.6 Å². The number of ether oxygens (including phenoxy) is 1. The number of hydrogen-bond acceptors (Lipinski definition) is 4. The van der Waals surface area contributed by atoms with Gasteiger partial charge in [-0.2, -0.15) is 0 Å². The molecule has 0 spiro atoms. The lowest BCUT2D eigenvalue weighted by Crippen LogP contribution is -2.07. The molecule has 1 unspecified atom stereocenters. The van der Waals surface area contributed by atoms with Crippen molar-refractivity contribution in [1.29, 1.82) is 0 Å². The standard InChI is InChI=1S/C7H9NO2S/c1-7(4-10-7)5-11-6-8-2-3-9-6/h2-3H,4-5H2,1H3. The first kappa shape index (κ1) is 7.18. The molecule has 11 heavy (non-hydrogen) atoms. The Bertz CT molecular complexity index is 231. The summed E-state index contributed by atoms with van der Waals surface area (Å²) in [5.41, 5.74) is 0.0825. The van der Waals surface area contributed by atoms with Crippen LogP contribution in [0.2, 0.25) is 0 Å². The van der Waals surface area contributed by atoms with Gasteiger partial charge >= 0.3 is 0 Å². The van der Waals surface area contributed by atoms with Gasteiger partial charge in [0.25, 0.3) is 5.22 Å². The van der Waals surface area contributed by atoms with E-state index >= 15 is 0 Å². The van der Waals surface area contributed by atoms with E-state index in [0.717, 1.165) is 17.6 Å². The molecule has 0 amide bonds. The highest BCUT2D eigenvalue weighted by Gasteiger charge is 2.39. The molecule has 2 heterocycles. The maximum Gasteiger partial charge on any atom is 0.255 e. The van der Waals surface area contributed by atoms with Gasteiger partial charge in [-0.25, -0.2) is 4.98 Å². The largest absolute Gasteiger partial charge is 0.440 e. The van der Waals surface area contributed by atoms with E-state index in [0.29, 0.717) is 0 Å². The van der Waals surface area contributed by atoms with Crippen molar-refractivity contribution in [3.63, 3.8) is 0 Å². The van der Waals surface area contributed by atoms with Gasteiger partial charge in [0, 0.05) is 5.75 Å². The highest BCUT2D eigenvalue weighted by molar-refractivity contribution is 7.99. The van der Waals surface area contributed by atoms with Gasteiger partial charge in [-0.15, -0.1) is 0 Å². The van der Waals surface area contributed by atoms with Crippen molar-refractivity contribution in [2.24, 2.45) is 0 Å². The van der Waals surface area contributed by atoms with Crippen molar-refractivity contribution in [1.82, 2.24) is 4.98 Å². The molecule has 0 bridgehead atoms. The summed E-state index contributed by atoms with van der Waals surface area (Å²) in [4.78, 5) is 3.99. The van der Waals surface area contributed by atoms with Crippen LogP contribution in [-0.4, -0.2) is 22.9 Å². The van der Waals surface area contributed by atoms with Crippen LogP contribution in [0.4, 0.5) is 0 Å². The van der Waals surface area contributed by atoms with Gasteiger partial charge in [-0.1, -0.05) is 11.8 Å². The number of epoxide rings is 1. The van der Waals surface area contributed by atoms with Gasteiger partial charge in [0.2, 0.25) is 0 Å². The smallest absolute Gasteiger partial charge is 0.255 e. The molecule has 1 aromatic rings. The maximum atomic E-state index is 5.20. The first-order chi connectivity index (χ1) is 5.29. The number of aromatic nitrogens is 1. The summed E-state index contributed by atoms with van der Waals surface area (Å²) in [7, 11) is 0. The van der Waals surface area contributed by atoms with Gasteiger partial charge in [0.1, 0.15) is 6.26 Å². The Morgan fingerprint density at radius 3 is 3.18 bits per heavy atom. The zero-order valence-corrected chi connectivity index (χ0v) is 7.06. The second-order valence-electron chi connectivity index (χ2n) is 2.83. The molecule has 60 valence electrons. The van der Waals surface area contributed by atoms with E-state index < -0.39 is 0 Å².